The summed E-state index contributed by atoms with van der Waals surface area (Å²) in [6.45, 7) is 4.01. The molecular formula is C11H16N6O. The average Bonchev–Trinajstić information content (AvgIpc) is 3.10. The summed E-state index contributed by atoms with van der Waals surface area (Å²) in [5.41, 5.74) is 0. The van der Waals surface area contributed by atoms with Gasteiger partial charge in [-0.25, -0.2) is 9.67 Å². The van der Waals surface area contributed by atoms with Gasteiger partial charge in [0.2, 0.25) is 0 Å². The molecule has 0 aliphatic carbocycles. The van der Waals surface area contributed by atoms with Crippen molar-refractivity contribution >= 4 is 0 Å². The van der Waals surface area contributed by atoms with E-state index >= 15 is 0 Å². The minimum absolute atomic E-state index is 0.0736. The molecule has 96 valence electrons. The van der Waals surface area contributed by atoms with Crippen molar-refractivity contribution in [1.82, 2.24) is 30.2 Å². The Morgan fingerprint density at radius 1 is 1.44 bits per heavy atom. The van der Waals surface area contributed by atoms with Gasteiger partial charge in [-0.15, -0.1) is 0 Å². The lowest BCUT2D eigenvalue weighted by Crippen LogP contribution is -2.27. The van der Waals surface area contributed by atoms with E-state index < -0.39 is 0 Å². The van der Waals surface area contributed by atoms with Crippen LogP contribution in [0.1, 0.15) is 43.4 Å². The first-order chi connectivity index (χ1) is 8.84. The van der Waals surface area contributed by atoms with Crippen LogP contribution >= 0.6 is 0 Å². The predicted octanol–water partition coefficient (Wildman–Crippen LogP) is 0.737. The second kappa shape index (κ2) is 4.85. The zero-order valence-electron chi connectivity index (χ0n) is 10.3. The van der Waals surface area contributed by atoms with Crippen molar-refractivity contribution in [2.45, 2.75) is 31.7 Å². The third-order valence-corrected chi connectivity index (χ3v) is 3.35. The Morgan fingerprint density at radius 3 is 3.00 bits per heavy atom. The van der Waals surface area contributed by atoms with Crippen molar-refractivity contribution < 1.29 is 4.52 Å². The van der Waals surface area contributed by atoms with Crippen molar-refractivity contribution in [3.63, 3.8) is 0 Å². The van der Waals surface area contributed by atoms with Crippen LogP contribution < -0.4 is 5.32 Å². The van der Waals surface area contributed by atoms with Crippen LogP contribution in [0.3, 0.4) is 0 Å². The molecule has 2 aromatic rings. The van der Waals surface area contributed by atoms with E-state index in [4.69, 9.17) is 4.52 Å². The molecule has 3 heterocycles. The van der Waals surface area contributed by atoms with Crippen LogP contribution in [0.25, 0.3) is 0 Å². The fourth-order valence-electron chi connectivity index (χ4n) is 2.19. The number of rotatable bonds is 3. The van der Waals surface area contributed by atoms with E-state index in [1.54, 1.807) is 11.0 Å². The molecule has 0 radical (unpaired) electrons. The van der Waals surface area contributed by atoms with Gasteiger partial charge in [-0.1, -0.05) is 5.16 Å². The summed E-state index contributed by atoms with van der Waals surface area (Å²) in [7, 11) is 0. The monoisotopic (exact) mass is 248 g/mol. The molecule has 1 fully saturated rings. The molecule has 7 nitrogen and oxygen atoms in total. The van der Waals surface area contributed by atoms with Crippen molar-refractivity contribution in [2.24, 2.45) is 0 Å². The second-order valence-electron chi connectivity index (χ2n) is 4.57. The Labute approximate surface area is 105 Å². The van der Waals surface area contributed by atoms with Crippen LogP contribution in [0, 0.1) is 0 Å². The first kappa shape index (κ1) is 11.3. The first-order valence-corrected chi connectivity index (χ1v) is 6.23. The molecular weight excluding hydrogens is 232 g/mol. The van der Waals surface area contributed by atoms with Crippen molar-refractivity contribution in [1.29, 1.82) is 0 Å². The highest BCUT2D eigenvalue weighted by Gasteiger charge is 2.23. The fourth-order valence-corrected chi connectivity index (χ4v) is 2.19. The zero-order chi connectivity index (χ0) is 12.4. The Bertz CT molecular complexity index is 487. The fraction of sp³-hybridized carbons (Fsp3) is 0.636. The van der Waals surface area contributed by atoms with Gasteiger partial charge in [-0.2, -0.15) is 10.1 Å². The maximum atomic E-state index is 5.33. The van der Waals surface area contributed by atoms with Gasteiger partial charge in [-0.3, -0.25) is 0 Å². The molecule has 1 aliphatic rings. The molecule has 1 N–H and O–H groups in total. The Kier molecular flexibility index (Phi) is 3.06. The van der Waals surface area contributed by atoms with Gasteiger partial charge in [0.15, 0.2) is 5.82 Å². The van der Waals surface area contributed by atoms with E-state index in [0.717, 1.165) is 31.8 Å². The topological polar surface area (TPSA) is 81.7 Å². The van der Waals surface area contributed by atoms with Gasteiger partial charge in [0.25, 0.3) is 5.89 Å². The van der Waals surface area contributed by atoms with Crippen LogP contribution in [0.2, 0.25) is 0 Å². The summed E-state index contributed by atoms with van der Waals surface area (Å²) in [5, 5.41) is 11.5. The van der Waals surface area contributed by atoms with Gasteiger partial charge >= 0.3 is 0 Å². The summed E-state index contributed by atoms with van der Waals surface area (Å²) < 4.78 is 7.04. The molecule has 1 atom stereocenters. The lowest BCUT2D eigenvalue weighted by Gasteiger charge is -2.19. The standard InChI is InChI=1S/C11H16N6O/c1-8(17-7-13-6-14-17)11-15-10(16-18-11)9-2-4-12-5-3-9/h6-9,12H,2-5H2,1H3. The maximum Gasteiger partial charge on any atom is 0.251 e. The molecule has 0 aromatic carbocycles. The largest absolute Gasteiger partial charge is 0.337 e. The van der Waals surface area contributed by atoms with Gasteiger partial charge in [0.05, 0.1) is 0 Å². The van der Waals surface area contributed by atoms with Gasteiger partial charge in [0, 0.05) is 5.92 Å². The predicted molar refractivity (Wildman–Crippen MR) is 63.0 cm³/mol. The van der Waals surface area contributed by atoms with Gasteiger partial charge < -0.3 is 9.84 Å². The highest BCUT2D eigenvalue weighted by atomic mass is 16.5. The maximum absolute atomic E-state index is 5.33. The third kappa shape index (κ3) is 2.13. The number of piperidine rings is 1. The Hall–Kier alpha value is -1.76. The molecule has 0 saturated carbocycles. The Morgan fingerprint density at radius 2 is 2.28 bits per heavy atom. The minimum atomic E-state index is -0.0736. The molecule has 7 heteroatoms. The van der Waals surface area contributed by atoms with Crippen LogP contribution in [-0.2, 0) is 0 Å². The average molecular weight is 248 g/mol. The van der Waals surface area contributed by atoms with Crippen LogP contribution in [0.4, 0.5) is 0 Å². The highest BCUT2D eigenvalue weighted by molar-refractivity contribution is 5.00. The van der Waals surface area contributed by atoms with Crippen LogP contribution in [0.15, 0.2) is 17.2 Å². The number of hydrogen-bond acceptors (Lipinski definition) is 6. The molecule has 1 saturated heterocycles. The van der Waals surface area contributed by atoms with Crippen LogP contribution in [-0.4, -0.2) is 38.0 Å². The molecule has 2 aromatic heterocycles. The summed E-state index contributed by atoms with van der Waals surface area (Å²) in [4.78, 5) is 8.41. The summed E-state index contributed by atoms with van der Waals surface area (Å²) >= 11 is 0. The molecule has 0 amide bonds. The van der Waals surface area contributed by atoms with E-state index in [1.807, 2.05) is 6.92 Å². The normalized spacial score (nSPS) is 18.9. The SMILES string of the molecule is CC(c1nc(C2CCNCC2)no1)n1cncn1. The number of nitrogens with zero attached hydrogens (tertiary/aromatic N) is 5. The lowest BCUT2D eigenvalue weighted by molar-refractivity contribution is 0.328. The first-order valence-electron chi connectivity index (χ1n) is 6.23. The third-order valence-electron chi connectivity index (χ3n) is 3.35. The van der Waals surface area contributed by atoms with E-state index in [-0.39, 0.29) is 6.04 Å². The summed E-state index contributed by atoms with van der Waals surface area (Å²) in [5.74, 6) is 1.82. The molecule has 3 rings (SSSR count). The quantitative estimate of drug-likeness (QED) is 0.862. The Balaban J connectivity index is 1.76. The van der Waals surface area contributed by atoms with E-state index in [9.17, 15) is 0 Å². The zero-order valence-corrected chi connectivity index (χ0v) is 10.3. The number of nitrogens with one attached hydrogen (secondary N) is 1. The molecule has 0 spiro atoms. The van der Waals surface area contributed by atoms with E-state index in [0.29, 0.717) is 11.8 Å². The molecule has 18 heavy (non-hydrogen) atoms. The highest BCUT2D eigenvalue weighted by Crippen LogP contribution is 2.24. The van der Waals surface area contributed by atoms with Gasteiger partial charge in [0.1, 0.15) is 18.7 Å². The number of hydrogen-bond donors (Lipinski definition) is 1. The van der Waals surface area contributed by atoms with Crippen LogP contribution in [0.5, 0.6) is 0 Å². The molecule has 0 bridgehead atoms. The summed E-state index contributed by atoms with van der Waals surface area (Å²) in [6, 6.07) is -0.0736. The molecule has 1 unspecified atom stereocenters. The minimum Gasteiger partial charge on any atom is -0.337 e. The second-order valence-corrected chi connectivity index (χ2v) is 4.57. The van der Waals surface area contributed by atoms with Crippen molar-refractivity contribution in [2.75, 3.05) is 13.1 Å². The smallest absolute Gasteiger partial charge is 0.251 e. The lowest BCUT2D eigenvalue weighted by atomic mass is 9.98. The van der Waals surface area contributed by atoms with E-state index in [2.05, 4.69) is 25.5 Å². The van der Waals surface area contributed by atoms with Gasteiger partial charge in [-0.05, 0) is 32.9 Å². The summed E-state index contributed by atoms with van der Waals surface area (Å²) in [6.07, 6.45) is 5.28. The van der Waals surface area contributed by atoms with Crippen molar-refractivity contribution in [3.05, 3.63) is 24.4 Å². The number of aromatic nitrogens is 5. The van der Waals surface area contributed by atoms with Crippen molar-refractivity contribution in [3.8, 4) is 0 Å². The molecule has 1 aliphatic heterocycles. The van der Waals surface area contributed by atoms with E-state index in [1.165, 1.54) is 6.33 Å².